The maximum absolute atomic E-state index is 10.7. The van der Waals surface area contributed by atoms with Crippen molar-refractivity contribution in [1.82, 2.24) is 0 Å². The summed E-state index contributed by atoms with van der Waals surface area (Å²) in [6.45, 7) is 5.32. The first-order valence-electron chi connectivity index (χ1n) is 2.40. The molecule has 8 heavy (non-hydrogen) atoms. The fourth-order valence-corrected chi connectivity index (χ4v) is 3.13. The van der Waals surface area contributed by atoms with Crippen molar-refractivity contribution in [3.8, 4) is 0 Å². The summed E-state index contributed by atoms with van der Waals surface area (Å²) in [5, 5.41) is 0. The standard InChI is InChI=1S/C3H11O2Si2.K/c1-6-5-7(2,3)4;/h6H2,1-3H3;/q-1;+1. The molecule has 5 heteroatoms. The van der Waals surface area contributed by atoms with Crippen LogP contribution in [0, 0.1) is 0 Å². The Morgan fingerprint density at radius 1 is 1.50 bits per heavy atom. The van der Waals surface area contributed by atoms with Gasteiger partial charge in [0.15, 0.2) is 0 Å². The van der Waals surface area contributed by atoms with E-state index < -0.39 is 18.3 Å². The molecule has 0 aromatic rings. The van der Waals surface area contributed by atoms with Gasteiger partial charge in [-0.3, -0.25) is 0 Å². The molecule has 0 aliphatic rings. The van der Waals surface area contributed by atoms with Crippen molar-refractivity contribution in [2.75, 3.05) is 0 Å². The molecule has 0 heterocycles. The SMILES string of the molecule is C[SiH2]O[Si](C)(C)[O-].[K+]. The van der Waals surface area contributed by atoms with Crippen molar-refractivity contribution < 1.29 is 60.3 Å². The Hall–Kier alpha value is 1.99. The van der Waals surface area contributed by atoms with Crippen molar-refractivity contribution in [3.05, 3.63) is 0 Å². The van der Waals surface area contributed by atoms with E-state index in [-0.39, 0.29) is 51.4 Å². The maximum atomic E-state index is 10.7. The molecule has 0 fully saturated rings. The van der Waals surface area contributed by atoms with Crippen LogP contribution in [0.3, 0.4) is 0 Å². The van der Waals surface area contributed by atoms with Gasteiger partial charge in [0.1, 0.15) is 9.76 Å². The first kappa shape index (κ1) is 12.6. The van der Waals surface area contributed by atoms with Gasteiger partial charge in [-0.25, -0.2) is 0 Å². The third kappa shape index (κ3) is 10.9. The third-order valence-corrected chi connectivity index (χ3v) is 4.43. The second-order valence-corrected chi connectivity index (χ2v) is 6.36. The van der Waals surface area contributed by atoms with Crippen LogP contribution >= 0.6 is 0 Å². The molecule has 0 radical (unpaired) electrons. The second kappa shape index (κ2) is 5.75. The molecule has 0 saturated heterocycles. The van der Waals surface area contributed by atoms with Gasteiger partial charge in [-0.05, 0) is 0 Å². The van der Waals surface area contributed by atoms with Crippen LogP contribution in [0.25, 0.3) is 0 Å². The Kier molecular flexibility index (Phi) is 9.09. The van der Waals surface area contributed by atoms with E-state index in [4.69, 9.17) is 4.12 Å². The minimum absolute atomic E-state index is 0. The molecule has 0 N–H and O–H groups in total. The zero-order valence-electron chi connectivity index (χ0n) is 6.02. The van der Waals surface area contributed by atoms with Gasteiger partial charge in [0.25, 0.3) is 0 Å². The van der Waals surface area contributed by atoms with Crippen LogP contribution in [0.5, 0.6) is 0 Å². The molecule has 44 valence electrons. The molecule has 0 bridgehead atoms. The Morgan fingerprint density at radius 3 is 1.88 bits per heavy atom. The zero-order valence-corrected chi connectivity index (χ0v) is 11.6. The van der Waals surface area contributed by atoms with Crippen molar-refractivity contribution in [3.63, 3.8) is 0 Å². The average Bonchev–Trinajstić information content (AvgIpc) is 1.30. The molecule has 0 unspecified atom stereocenters. The predicted octanol–water partition coefficient (Wildman–Crippen LogP) is -3.80. The van der Waals surface area contributed by atoms with Gasteiger partial charge in [-0.15, -0.1) is 0 Å². The van der Waals surface area contributed by atoms with E-state index in [2.05, 4.69) is 0 Å². The van der Waals surface area contributed by atoms with Gasteiger partial charge in [-0.2, -0.15) is 0 Å². The minimum atomic E-state index is -2.35. The Balaban J connectivity index is 0. The monoisotopic (exact) mass is 174 g/mol. The maximum Gasteiger partial charge on any atom is 1.00 e. The van der Waals surface area contributed by atoms with E-state index in [1.54, 1.807) is 13.1 Å². The molecular weight excluding hydrogens is 163 g/mol. The predicted molar refractivity (Wildman–Crippen MR) is 33.0 cm³/mol. The summed E-state index contributed by atoms with van der Waals surface area (Å²) in [7, 11) is -2.79. The summed E-state index contributed by atoms with van der Waals surface area (Å²) < 4.78 is 4.95. The minimum Gasteiger partial charge on any atom is -0.839 e. The van der Waals surface area contributed by atoms with E-state index in [0.29, 0.717) is 0 Å². The molecule has 0 spiro atoms. The van der Waals surface area contributed by atoms with E-state index in [9.17, 15) is 4.80 Å². The zero-order chi connectivity index (χ0) is 5.91. The fraction of sp³-hybridized carbons (Fsp3) is 1.00. The van der Waals surface area contributed by atoms with Crippen LogP contribution in [-0.2, 0) is 4.12 Å². The van der Waals surface area contributed by atoms with Gasteiger partial charge >= 0.3 is 51.4 Å². The van der Waals surface area contributed by atoms with Gasteiger partial charge < -0.3 is 8.91 Å². The summed E-state index contributed by atoms with van der Waals surface area (Å²) >= 11 is 0. The molecule has 0 rings (SSSR count). The van der Waals surface area contributed by atoms with Gasteiger partial charge in [-0.1, -0.05) is 19.6 Å². The third-order valence-electron chi connectivity index (χ3n) is 0.492. The number of rotatable bonds is 2. The largest absolute Gasteiger partial charge is 1.00 e. The number of hydrogen-bond donors (Lipinski definition) is 0. The summed E-state index contributed by atoms with van der Waals surface area (Å²) in [4.78, 5) is 10.7. The molecule has 0 aromatic heterocycles. The molecule has 0 aliphatic carbocycles. The summed E-state index contributed by atoms with van der Waals surface area (Å²) in [6.07, 6.45) is 0. The molecule has 0 amide bonds. The van der Waals surface area contributed by atoms with Crippen LogP contribution in [-0.4, -0.2) is 18.3 Å². The molecule has 2 nitrogen and oxygen atoms in total. The smallest absolute Gasteiger partial charge is 0.839 e. The molecular formula is C3H11KO2Si2. The Bertz CT molecular complexity index is 53.7. The molecule has 0 aliphatic heterocycles. The van der Waals surface area contributed by atoms with Gasteiger partial charge in [0.05, 0.1) is 8.56 Å². The van der Waals surface area contributed by atoms with E-state index in [0.717, 1.165) is 0 Å². The van der Waals surface area contributed by atoms with Crippen molar-refractivity contribution in [2.45, 2.75) is 19.6 Å². The number of hydrogen-bond acceptors (Lipinski definition) is 2. The van der Waals surface area contributed by atoms with Gasteiger partial charge in [0.2, 0.25) is 0 Å². The quantitative estimate of drug-likeness (QED) is 0.402. The van der Waals surface area contributed by atoms with E-state index >= 15 is 0 Å². The second-order valence-electron chi connectivity index (χ2n) is 1.83. The molecule has 0 saturated carbocycles. The summed E-state index contributed by atoms with van der Waals surface area (Å²) in [5.74, 6) is 0. The van der Waals surface area contributed by atoms with E-state index in [1.807, 2.05) is 6.55 Å². The average molecular weight is 174 g/mol. The topological polar surface area (TPSA) is 32.3 Å². The van der Waals surface area contributed by atoms with Crippen LogP contribution in [0.2, 0.25) is 19.6 Å². The van der Waals surface area contributed by atoms with E-state index in [1.165, 1.54) is 0 Å². The summed E-state index contributed by atoms with van der Waals surface area (Å²) in [5.41, 5.74) is 0. The molecule has 0 atom stereocenters. The van der Waals surface area contributed by atoms with Crippen LogP contribution in [0.1, 0.15) is 0 Å². The van der Waals surface area contributed by atoms with Crippen LogP contribution in [0.15, 0.2) is 0 Å². The van der Waals surface area contributed by atoms with Gasteiger partial charge in [0, 0.05) is 0 Å². The van der Waals surface area contributed by atoms with Crippen LogP contribution in [0.4, 0.5) is 0 Å². The van der Waals surface area contributed by atoms with Crippen LogP contribution < -0.4 is 56.2 Å². The fourth-order valence-electron chi connectivity index (χ4n) is 0.348. The first-order valence-corrected chi connectivity index (χ1v) is 7.21. The Morgan fingerprint density at radius 2 is 1.88 bits per heavy atom. The normalized spacial score (nSPS) is 12.0. The van der Waals surface area contributed by atoms with Crippen molar-refractivity contribution >= 4 is 18.3 Å². The summed E-state index contributed by atoms with van der Waals surface area (Å²) in [6, 6.07) is 0. The Labute approximate surface area is 96.6 Å². The van der Waals surface area contributed by atoms with Crippen molar-refractivity contribution in [2.24, 2.45) is 0 Å². The van der Waals surface area contributed by atoms with Crippen molar-refractivity contribution in [1.29, 1.82) is 0 Å². The molecule has 0 aromatic carbocycles. The first-order chi connectivity index (χ1) is 3.06.